The van der Waals surface area contributed by atoms with Gasteiger partial charge in [-0.1, -0.05) is 61.0 Å². The standard InChI is InChI=1S/C16H18ClNO2S/c1-2-16(14-8-10-15(17)11-9-14)18-21(19,20)12-13-6-4-3-5-7-13/h3-11,16,18H,2,12H2,1H3/t16-/m0/s1. The van der Waals surface area contributed by atoms with Gasteiger partial charge >= 0.3 is 0 Å². The molecule has 0 saturated heterocycles. The minimum atomic E-state index is -3.39. The van der Waals surface area contributed by atoms with Gasteiger partial charge in [-0.3, -0.25) is 0 Å². The second-order valence-electron chi connectivity index (χ2n) is 4.87. The van der Waals surface area contributed by atoms with Gasteiger partial charge in [-0.05, 0) is 29.7 Å². The minimum absolute atomic E-state index is 0.0159. The van der Waals surface area contributed by atoms with Crippen molar-refractivity contribution >= 4 is 21.6 Å². The molecule has 0 aliphatic rings. The van der Waals surface area contributed by atoms with E-state index in [1.807, 2.05) is 49.4 Å². The summed E-state index contributed by atoms with van der Waals surface area (Å²) in [5.41, 5.74) is 1.69. The third-order valence-electron chi connectivity index (χ3n) is 3.20. The molecule has 3 nitrogen and oxygen atoms in total. The predicted octanol–water partition coefficient (Wildman–Crippen LogP) is 3.91. The van der Waals surface area contributed by atoms with Crippen molar-refractivity contribution in [3.8, 4) is 0 Å². The SMILES string of the molecule is CC[C@H](NS(=O)(=O)Cc1ccccc1)c1ccc(Cl)cc1. The molecule has 112 valence electrons. The van der Waals surface area contributed by atoms with Crippen molar-refractivity contribution < 1.29 is 8.42 Å². The van der Waals surface area contributed by atoms with E-state index in [2.05, 4.69) is 4.72 Å². The number of rotatable bonds is 6. The first-order valence-electron chi connectivity index (χ1n) is 6.79. The van der Waals surface area contributed by atoms with E-state index in [1.165, 1.54) is 0 Å². The largest absolute Gasteiger partial charge is 0.216 e. The molecule has 0 aliphatic carbocycles. The summed E-state index contributed by atoms with van der Waals surface area (Å²) in [7, 11) is -3.39. The summed E-state index contributed by atoms with van der Waals surface area (Å²) in [4.78, 5) is 0. The predicted molar refractivity (Wildman–Crippen MR) is 86.7 cm³/mol. The van der Waals surface area contributed by atoms with Crippen LogP contribution in [0.2, 0.25) is 5.02 Å². The Morgan fingerprint density at radius 2 is 1.67 bits per heavy atom. The van der Waals surface area contributed by atoms with Crippen LogP contribution < -0.4 is 4.72 Å². The summed E-state index contributed by atoms with van der Waals surface area (Å²) >= 11 is 5.86. The molecular weight excluding hydrogens is 306 g/mol. The first-order chi connectivity index (χ1) is 10.00. The molecule has 0 fully saturated rings. The van der Waals surface area contributed by atoms with Crippen LogP contribution >= 0.6 is 11.6 Å². The lowest BCUT2D eigenvalue weighted by Gasteiger charge is -2.17. The van der Waals surface area contributed by atoms with Crippen LogP contribution in [0, 0.1) is 0 Å². The fourth-order valence-electron chi connectivity index (χ4n) is 2.13. The average Bonchev–Trinajstić information content (AvgIpc) is 2.46. The fraction of sp³-hybridized carbons (Fsp3) is 0.250. The lowest BCUT2D eigenvalue weighted by atomic mass is 10.1. The van der Waals surface area contributed by atoms with Gasteiger partial charge in [0, 0.05) is 11.1 Å². The number of hydrogen-bond donors (Lipinski definition) is 1. The Bertz CT molecular complexity index is 669. The molecule has 2 aromatic carbocycles. The van der Waals surface area contributed by atoms with Crippen molar-refractivity contribution in [2.45, 2.75) is 25.1 Å². The first-order valence-corrected chi connectivity index (χ1v) is 8.82. The van der Waals surface area contributed by atoms with E-state index >= 15 is 0 Å². The Balaban J connectivity index is 2.12. The monoisotopic (exact) mass is 323 g/mol. The van der Waals surface area contributed by atoms with Crippen LogP contribution in [0.5, 0.6) is 0 Å². The van der Waals surface area contributed by atoms with E-state index in [-0.39, 0.29) is 11.8 Å². The smallest absolute Gasteiger partial charge is 0.212 e. The fourth-order valence-corrected chi connectivity index (χ4v) is 3.71. The highest BCUT2D eigenvalue weighted by Crippen LogP contribution is 2.20. The molecule has 0 saturated carbocycles. The van der Waals surface area contributed by atoms with Gasteiger partial charge in [0.25, 0.3) is 0 Å². The normalized spacial score (nSPS) is 13.0. The maximum absolute atomic E-state index is 12.3. The molecule has 2 aromatic rings. The molecule has 0 radical (unpaired) electrons. The van der Waals surface area contributed by atoms with Crippen LogP contribution in [-0.2, 0) is 15.8 Å². The zero-order valence-electron chi connectivity index (χ0n) is 11.8. The molecule has 0 bridgehead atoms. The Morgan fingerprint density at radius 3 is 2.24 bits per heavy atom. The minimum Gasteiger partial charge on any atom is -0.212 e. The zero-order chi connectivity index (χ0) is 15.3. The lowest BCUT2D eigenvalue weighted by molar-refractivity contribution is 0.549. The Kier molecular flexibility index (Phi) is 5.39. The van der Waals surface area contributed by atoms with E-state index in [0.29, 0.717) is 11.4 Å². The van der Waals surface area contributed by atoms with Crippen LogP contribution in [0.25, 0.3) is 0 Å². The second-order valence-corrected chi connectivity index (χ2v) is 7.07. The van der Waals surface area contributed by atoms with Gasteiger partial charge in [0.1, 0.15) is 0 Å². The van der Waals surface area contributed by atoms with Crippen molar-refractivity contribution in [3.05, 3.63) is 70.7 Å². The van der Waals surface area contributed by atoms with E-state index in [9.17, 15) is 8.42 Å². The molecule has 5 heteroatoms. The maximum atomic E-state index is 12.3. The van der Waals surface area contributed by atoms with Gasteiger partial charge in [0.2, 0.25) is 10.0 Å². The highest BCUT2D eigenvalue weighted by atomic mass is 35.5. The average molecular weight is 324 g/mol. The van der Waals surface area contributed by atoms with Gasteiger partial charge < -0.3 is 0 Å². The molecule has 0 spiro atoms. The summed E-state index contributed by atoms with van der Waals surface area (Å²) in [6.07, 6.45) is 0.676. The topological polar surface area (TPSA) is 46.2 Å². The molecule has 1 atom stereocenters. The summed E-state index contributed by atoms with van der Waals surface area (Å²) in [6, 6.07) is 16.1. The van der Waals surface area contributed by atoms with Gasteiger partial charge in [0.05, 0.1) is 5.75 Å². The van der Waals surface area contributed by atoms with Crippen LogP contribution in [0.1, 0.15) is 30.5 Å². The van der Waals surface area contributed by atoms with Crippen molar-refractivity contribution in [2.75, 3.05) is 0 Å². The van der Waals surface area contributed by atoms with Crippen LogP contribution in [-0.4, -0.2) is 8.42 Å². The maximum Gasteiger partial charge on any atom is 0.216 e. The summed E-state index contributed by atoms with van der Waals surface area (Å²) in [6.45, 7) is 1.95. The summed E-state index contributed by atoms with van der Waals surface area (Å²) in [5.74, 6) is -0.0159. The second kappa shape index (κ2) is 7.07. The van der Waals surface area contributed by atoms with E-state index in [0.717, 1.165) is 11.1 Å². The van der Waals surface area contributed by atoms with E-state index < -0.39 is 10.0 Å². The number of halogens is 1. The third kappa shape index (κ3) is 4.84. The van der Waals surface area contributed by atoms with Crippen LogP contribution in [0.15, 0.2) is 54.6 Å². The van der Waals surface area contributed by atoms with Crippen molar-refractivity contribution in [1.82, 2.24) is 4.72 Å². The molecular formula is C16H18ClNO2S. The number of benzene rings is 2. The van der Waals surface area contributed by atoms with Crippen LogP contribution in [0.3, 0.4) is 0 Å². The van der Waals surface area contributed by atoms with Gasteiger partial charge in [-0.25, -0.2) is 13.1 Å². The number of sulfonamides is 1. The molecule has 0 unspecified atom stereocenters. The van der Waals surface area contributed by atoms with Crippen LogP contribution in [0.4, 0.5) is 0 Å². The zero-order valence-corrected chi connectivity index (χ0v) is 13.4. The lowest BCUT2D eigenvalue weighted by Crippen LogP contribution is -2.29. The van der Waals surface area contributed by atoms with Crippen molar-refractivity contribution in [1.29, 1.82) is 0 Å². The Hall–Kier alpha value is -1.36. The Morgan fingerprint density at radius 1 is 1.05 bits per heavy atom. The summed E-state index contributed by atoms with van der Waals surface area (Å²) in [5, 5.41) is 0.640. The van der Waals surface area contributed by atoms with Crippen molar-refractivity contribution in [2.24, 2.45) is 0 Å². The van der Waals surface area contributed by atoms with Gasteiger partial charge in [-0.15, -0.1) is 0 Å². The number of hydrogen-bond acceptors (Lipinski definition) is 2. The highest BCUT2D eigenvalue weighted by molar-refractivity contribution is 7.88. The molecule has 21 heavy (non-hydrogen) atoms. The molecule has 0 amide bonds. The highest BCUT2D eigenvalue weighted by Gasteiger charge is 2.18. The molecule has 0 aromatic heterocycles. The molecule has 0 heterocycles. The van der Waals surface area contributed by atoms with Crippen molar-refractivity contribution in [3.63, 3.8) is 0 Å². The van der Waals surface area contributed by atoms with Gasteiger partial charge in [-0.2, -0.15) is 0 Å². The first kappa shape index (κ1) is 16.0. The number of nitrogens with one attached hydrogen (secondary N) is 1. The molecule has 0 aliphatic heterocycles. The molecule has 1 N–H and O–H groups in total. The van der Waals surface area contributed by atoms with E-state index in [1.54, 1.807) is 12.1 Å². The van der Waals surface area contributed by atoms with E-state index in [4.69, 9.17) is 11.6 Å². The summed E-state index contributed by atoms with van der Waals surface area (Å²) < 4.78 is 27.3. The van der Waals surface area contributed by atoms with Gasteiger partial charge in [0.15, 0.2) is 0 Å². The Labute approximate surface area is 131 Å². The third-order valence-corrected chi connectivity index (χ3v) is 4.81. The quantitative estimate of drug-likeness (QED) is 0.876. The molecule has 2 rings (SSSR count).